The molecule has 0 fully saturated rings. The van der Waals surface area contributed by atoms with E-state index in [0.29, 0.717) is 47.4 Å². The first-order chi connectivity index (χ1) is 15.2. The van der Waals surface area contributed by atoms with Gasteiger partial charge in [-0.05, 0) is 37.6 Å². The SMILES string of the molecule is CCCN(Cc1nnc(-c2ccco2)o1)C(=O)CSc1nnc(-c2ccco2)n1CC. The van der Waals surface area contributed by atoms with Gasteiger partial charge >= 0.3 is 0 Å². The van der Waals surface area contributed by atoms with Gasteiger partial charge in [-0.1, -0.05) is 18.7 Å². The van der Waals surface area contributed by atoms with E-state index in [4.69, 9.17) is 13.3 Å². The van der Waals surface area contributed by atoms with Crippen LogP contribution < -0.4 is 0 Å². The van der Waals surface area contributed by atoms with Gasteiger partial charge in [-0.25, -0.2) is 0 Å². The van der Waals surface area contributed by atoms with Crippen molar-refractivity contribution in [3.8, 4) is 23.2 Å². The molecule has 11 heteroatoms. The van der Waals surface area contributed by atoms with Crippen molar-refractivity contribution in [2.24, 2.45) is 0 Å². The minimum Gasteiger partial charge on any atom is -0.461 e. The summed E-state index contributed by atoms with van der Waals surface area (Å²) >= 11 is 1.34. The standard InChI is InChI=1S/C20H22N6O4S/c1-3-9-25(12-16-21-23-19(30-16)15-8-6-11-29-15)17(27)13-31-20-24-22-18(26(20)4-2)14-7-5-10-28-14/h5-8,10-11H,3-4,9,12-13H2,1-2H3. The molecule has 31 heavy (non-hydrogen) atoms. The number of carbonyl (C=O) groups is 1. The van der Waals surface area contributed by atoms with Crippen LogP contribution in [0.2, 0.25) is 0 Å². The lowest BCUT2D eigenvalue weighted by Gasteiger charge is -2.20. The number of amides is 1. The molecule has 0 saturated carbocycles. The van der Waals surface area contributed by atoms with Crippen molar-refractivity contribution in [2.45, 2.75) is 38.5 Å². The minimum absolute atomic E-state index is 0.0465. The molecule has 10 nitrogen and oxygen atoms in total. The predicted octanol–water partition coefficient (Wildman–Crippen LogP) is 3.73. The van der Waals surface area contributed by atoms with E-state index in [9.17, 15) is 4.79 Å². The highest BCUT2D eigenvalue weighted by atomic mass is 32.2. The molecule has 1 amide bonds. The van der Waals surface area contributed by atoms with Crippen LogP contribution in [-0.4, -0.2) is 48.1 Å². The van der Waals surface area contributed by atoms with Crippen LogP contribution in [0.5, 0.6) is 0 Å². The van der Waals surface area contributed by atoms with Crippen molar-refractivity contribution < 1.29 is 18.0 Å². The quantitative estimate of drug-likeness (QED) is 0.339. The Labute approximate surface area is 182 Å². The maximum absolute atomic E-state index is 12.9. The lowest BCUT2D eigenvalue weighted by molar-refractivity contribution is -0.129. The second-order valence-corrected chi connectivity index (χ2v) is 7.55. The molecule has 4 rings (SSSR count). The van der Waals surface area contributed by atoms with Crippen LogP contribution in [0, 0.1) is 0 Å². The maximum Gasteiger partial charge on any atom is 0.283 e. The Morgan fingerprint density at radius 1 is 1.06 bits per heavy atom. The molecule has 0 N–H and O–H groups in total. The van der Waals surface area contributed by atoms with Gasteiger partial charge < -0.3 is 18.2 Å². The third kappa shape index (κ3) is 4.71. The highest BCUT2D eigenvalue weighted by Gasteiger charge is 2.21. The van der Waals surface area contributed by atoms with E-state index in [-0.39, 0.29) is 18.2 Å². The number of nitrogens with zero attached hydrogens (tertiary/aromatic N) is 6. The summed E-state index contributed by atoms with van der Waals surface area (Å²) < 4.78 is 18.3. The Morgan fingerprint density at radius 2 is 1.84 bits per heavy atom. The fraction of sp³-hybridized carbons (Fsp3) is 0.350. The van der Waals surface area contributed by atoms with Gasteiger partial charge in [0.2, 0.25) is 11.8 Å². The number of furan rings is 2. The van der Waals surface area contributed by atoms with Crippen molar-refractivity contribution in [1.82, 2.24) is 29.9 Å². The average Bonchev–Trinajstić information content (AvgIpc) is 3.57. The van der Waals surface area contributed by atoms with Crippen LogP contribution in [0.15, 0.2) is 55.2 Å². The zero-order valence-electron chi connectivity index (χ0n) is 17.2. The van der Waals surface area contributed by atoms with E-state index < -0.39 is 0 Å². The topological polar surface area (TPSA) is 116 Å². The van der Waals surface area contributed by atoms with Gasteiger partial charge in [0.05, 0.1) is 24.8 Å². The van der Waals surface area contributed by atoms with Gasteiger partial charge in [0, 0.05) is 13.1 Å². The molecule has 0 saturated heterocycles. The Kier molecular flexibility index (Phi) is 6.51. The Balaban J connectivity index is 1.41. The monoisotopic (exact) mass is 442 g/mol. The summed E-state index contributed by atoms with van der Waals surface area (Å²) in [6, 6.07) is 7.12. The fourth-order valence-electron chi connectivity index (χ4n) is 3.03. The Hall–Kier alpha value is -3.34. The van der Waals surface area contributed by atoms with Gasteiger partial charge in [0.15, 0.2) is 22.5 Å². The smallest absolute Gasteiger partial charge is 0.283 e. The molecule has 4 heterocycles. The first-order valence-electron chi connectivity index (χ1n) is 9.93. The molecular formula is C20H22N6O4S. The van der Waals surface area contributed by atoms with E-state index in [1.807, 2.05) is 24.5 Å². The zero-order valence-corrected chi connectivity index (χ0v) is 18.0. The van der Waals surface area contributed by atoms with Crippen molar-refractivity contribution in [1.29, 1.82) is 0 Å². The molecular weight excluding hydrogens is 420 g/mol. The van der Waals surface area contributed by atoms with Crippen molar-refractivity contribution in [3.05, 3.63) is 42.7 Å². The van der Waals surface area contributed by atoms with Crippen LogP contribution in [-0.2, 0) is 17.9 Å². The van der Waals surface area contributed by atoms with E-state index in [1.165, 1.54) is 18.0 Å². The molecule has 0 atom stereocenters. The number of carbonyl (C=O) groups excluding carboxylic acids is 1. The maximum atomic E-state index is 12.9. The normalized spacial score (nSPS) is 11.2. The van der Waals surface area contributed by atoms with E-state index >= 15 is 0 Å². The van der Waals surface area contributed by atoms with Crippen molar-refractivity contribution in [3.63, 3.8) is 0 Å². The zero-order chi connectivity index (χ0) is 21.6. The number of thioether (sulfide) groups is 1. The lowest BCUT2D eigenvalue weighted by atomic mass is 10.4. The van der Waals surface area contributed by atoms with Crippen LogP contribution in [0.25, 0.3) is 23.2 Å². The molecule has 0 aromatic carbocycles. The van der Waals surface area contributed by atoms with Crippen LogP contribution in [0.3, 0.4) is 0 Å². The summed E-state index contributed by atoms with van der Waals surface area (Å²) in [5.74, 6) is 2.60. The van der Waals surface area contributed by atoms with Crippen LogP contribution in [0.4, 0.5) is 0 Å². The largest absolute Gasteiger partial charge is 0.461 e. The second kappa shape index (κ2) is 9.65. The number of hydrogen-bond donors (Lipinski definition) is 0. The third-order valence-corrected chi connectivity index (χ3v) is 5.42. The van der Waals surface area contributed by atoms with Crippen molar-refractivity contribution in [2.75, 3.05) is 12.3 Å². The average molecular weight is 443 g/mol. The van der Waals surface area contributed by atoms with E-state index in [2.05, 4.69) is 20.4 Å². The summed E-state index contributed by atoms with van der Waals surface area (Å²) in [7, 11) is 0. The first kappa shape index (κ1) is 20.9. The lowest BCUT2D eigenvalue weighted by Crippen LogP contribution is -2.33. The molecule has 0 aliphatic carbocycles. The van der Waals surface area contributed by atoms with E-state index in [1.54, 1.807) is 29.4 Å². The first-order valence-corrected chi connectivity index (χ1v) is 10.9. The van der Waals surface area contributed by atoms with Crippen LogP contribution in [0.1, 0.15) is 26.2 Å². The van der Waals surface area contributed by atoms with Gasteiger partial charge in [-0.3, -0.25) is 9.36 Å². The van der Waals surface area contributed by atoms with Crippen molar-refractivity contribution >= 4 is 17.7 Å². The van der Waals surface area contributed by atoms with Gasteiger partial charge in [-0.15, -0.1) is 20.4 Å². The van der Waals surface area contributed by atoms with E-state index in [0.717, 1.165) is 6.42 Å². The Morgan fingerprint density at radius 3 is 2.52 bits per heavy atom. The van der Waals surface area contributed by atoms with Gasteiger partial charge in [0.1, 0.15) is 0 Å². The second-order valence-electron chi connectivity index (χ2n) is 6.61. The van der Waals surface area contributed by atoms with Gasteiger partial charge in [0.25, 0.3) is 5.89 Å². The fourth-order valence-corrected chi connectivity index (χ4v) is 3.93. The number of hydrogen-bond acceptors (Lipinski definition) is 9. The summed E-state index contributed by atoms with van der Waals surface area (Å²) in [6.45, 7) is 5.49. The number of rotatable bonds is 10. The molecule has 4 aromatic heterocycles. The summed E-state index contributed by atoms with van der Waals surface area (Å²) in [6.07, 6.45) is 3.94. The highest BCUT2D eigenvalue weighted by Crippen LogP contribution is 2.25. The molecule has 0 spiro atoms. The van der Waals surface area contributed by atoms with Gasteiger partial charge in [-0.2, -0.15) is 0 Å². The Bertz CT molecular complexity index is 1100. The summed E-state index contributed by atoms with van der Waals surface area (Å²) in [5.41, 5.74) is 0. The molecule has 0 bridgehead atoms. The predicted molar refractivity (Wildman–Crippen MR) is 112 cm³/mol. The molecule has 4 aromatic rings. The molecule has 0 unspecified atom stereocenters. The molecule has 0 aliphatic rings. The molecule has 162 valence electrons. The molecule has 0 aliphatic heterocycles. The highest BCUT2D eigenvalue weighted by molar-refractivity contribution is 7.99. The third-order valence-electron chi connectivity index (χ3n) is 4.47. The van der Waals surface area contributed by atoms with Crippen LogP contribution >= 0.6 is 11.8 Å². The molecule has 0 radical (unpaired) electrons. The minimum atomic E-state index is -0.0465. The summed E-state index contributed by atoms with van der Waals surface area (Å²) in [4.78, 5) is 14.6. The number of aromatic nitrogens is 5. The summed E-state index contributed by atoms with van der Waals surface area (Å²) in [5, 5.41) is 17.1.